The maximum Gasteiger partial charge on any atom is 0.240 e. The number of anilines is 1. The Morgan fingerprint density at radius 1 is 1.22 bits per heavy atom. The molecule has 6 heteroatoms. The highest BCUT2D eigenvalue weighted by Gasteiger charge is 2.15. The van der Waals surface area contributed by atoms with Crippen molar-refractivity contribution >= 4 is 15.7 Å². The monoisotopic (exact) mass is 271 g/mol. The van der Waals surface area contributed by atoms with E-state index in [1.807, 2.05) is 0 Å². The second-order valence-electron chi connectivity index (χ2n) is 4.95. The summed E-state index contributed by atoms with van der Waals surface area (Å²) in [4.78, 5) is 0.258. The summed E-state index contributed by atoms with van der Waals surface area (Å²) in [6, 6.07) is 6.64. The quantitative estimate of drug-likeness (QED) is 0.720. The molecule has 0 saturated heterocycles. The summed E-state index contributed by atoms with van der Waals surface area (Å²) in [6.07, 6.45) is 0. The molecule has 0 spiro atoms. The molecule has 0 amide bonds. The zero-order valence-corrected chi connectivity index (χ0v) is 11.8. The van der Waals surface area contributed by atoms with E-state index in [9.17, 15) is 8.42 Å². The molecule has 18 heavy (non-hydrogen) atoms. The van der Waals surface area contributed by atoms with Gasteiger partial charge in [-0.15, -0.1) is 0 Å². The summed E-state index contributed by atoms with van der Waals surface area (Å²) >= 11 is 0. The zero-order chi connectivity index (χ0) is 13.8. The first-order valence-electron chi connectivity index (χ1n) is 5.78. The summed E-state index contributed by atoms with van der Waals surface area (Å²) in [7, 11) is -1.97. The van der Waals surface area contributed by atoms with E-state index in [1.54, 1.807) is 24.3 Å². The van der Waals surface area contributed by atoms with Gasteiger partial charge < -0.3 is 11.1 Å². The smallest absolute Gasteiger partial charge is 0.240 e. The lowest BCUT2D eigenvalue weighted by molar-refractivity contribution is 0.405. The minimum Gasteiger partial charge on any atom is -0.384 e. The highest BCUT2D eigenvalue weighted by atomic mass is 32.2. The van der Waals surface area contributed by atoms with Gasteiger partial charge in [0.25, 0.3) is 0 Å². The van der Waals surface area contributed by atoms with Gasteiger partial charge >= 0.3 is 0 Å². The van der Waals surface area contributed by atoms with Crippen LogP contribution in [-0.2, 0) is 10.0 Å². The number of sulfonamides is 1. The molecule has 1 rings (SSSR count). The summed E-state index contributed by atoms with van der Waals surface area (Å²) in [5.74, 6) is 0. The molecule has 4 N–H and O–H groups in total. The fourth-order valence-electron chi connectivity index (χ4n) is 1.28. The summed E-state index contributed by atoms with van der Waals surface area (Å²) in [5, 5.41) is 3.24. The predicted octanol–water partition coefficient (Wildman–Crippen LogP) is 0.991. The van der Waals surface area contributed by atoms with Crippen LogP contribution in [0.2, 0.25) is 0 Å². The molecule has 1 aromatic carbocycles. The normalized spacial score (nSPS) is 12.4. The van der Waals surface area contributed by atoms with Crippen molar-refractivity contribution < 1.29 is 8.42 Å². The Labute approximate surface area is 109 Å². The standard InChI is InChI=1S/C12H21N3O2S/c1-12(2,8-13)9-15-10-4-6-11(7-5-10)18(16,17)14-3/h4-7,14-15H,8-9,13H2,1-3H3. The van der Waals surface area contributed by atoms with E-state index < -0.39 is 10.0 Å². The summed E-state index contributed by atoms with van der Waals surface area (Å²) in [6.45, 7) is 5.47. The van der Waals surface area contributed by atoms with Crippen LogP contribution in [0.15, 0.2) is 29.2 Å². The summed E-state index contributed by atoms with van der Waals surface area (Å²) < 4.78 is 25.3. The molecule has 0 radical (unpaired) electrons. The second kappa shape index (κ2) is 5.69. The van der Waals surface area contributed by atoms with E-state index in [-0.39, 0.29) is 10.3 Å². The Hall–Kier alpha value is -1.11. The van der Waals surface area contributed by atoms with Crippen molar-refractivity contribution in [2.24, 2.45) is 11.1 Å². The van der Waals surface area contributed by atoms with Crippen LogP contribution in [-0.4, -0.2) is 28.6 Å². The Morgan fingerprint density at radius 3 is 2.22 bits per heavy atom. The van der Waals surface area contributed by atoms with Crippen LogP contribution in [0.1, 0.15) is 13.8 Å². The van der Waals surface area contributed by atoms with Crippen molar-refractivity contribution in [2.45, 2.75) is 18.7 Å². The average Bonchev–Trinajstić information content (AvgIpc) is 2.37. The Bertz CT molecular complexity index is 481. The van der Waals surface area contributed by atoms with Gasteiger partial charge in [0.15, 0.2) is 0 Å². The van der Waals surface area contributed by atoms with E-state index >= 15 is 0 Å². The molecule has 0 unspecified atom stereocenters. The van der Waals surface area contributed by atoms with Crippen molar-refractivity contribution in [1.29, 1.82) is 0 Å². The van der Waals surface area contributed by atoms with Gasteiger partial charge in [0.05, 0.1) is 4.90 Å². The average molecular weight is 271 g/mol. The molecule has 0 atom stereocenters. The third-order valence-electron chi connectivity index (χ3n) is 2.76. The fourth-order valence-corrected chi connectivity index (χ4v) is 2.01. The van der Waals surface area contributed by atoms with Crippen LogP contribution in [0, 0.1) is 5.41 Å². The molecule has 102 valence electrons. The lowest BCUT2D eigenvalue weighted by Crippen LogP contribution is -2.31. The number of rotatable bonds is 6. The third kappa shape index (κ3) is 3.97. The number of benzene rings is 1. The topological polar surface area (TPSA) is 84.2 Å². The minimum atomic E-state index is -3.36. The van der Waals surface area contributed by atoms with Gasteiger partial charge in [-0.05, 0) is 43.3 Å². The fraction of sp³-hybridized carbons (Fsp3) is 0.500. The van der Waals surface area contributed by atoms with Gasteiger partial charge in [0, 0.05) is 12.2 Å². The molecule has 0 saturated carbocycles. The maximum absolute atomic E-state index is 11.5. The molecule has 0 bridgehead atoms. The minimum absolute atomic E-state index is 0.00964. The maximum atomic E-state index is 11.5. The SMILES string of the molecule is CNS(=O)(=O)c1ccc(NCC(C)(C)CN)cc1. The van der Waals surface area contributed by atoms with Gasteiger partial charge in [0.1, 0.15) is 0 Å². The van der Waals surface area contributed by atoms with Crippen LogP contribution in [0.5, 0.6) is 0 Å². The second-order valence-corrected chi connectivity index (χ2v) is 6.84. The highest BCUT2D eigenvalue weighted by Crippen LogP contribution is 2.17. The summed E-state index contributed by atoms with van der Waals surface area (Å²) in [5.41, 5.74) is 6.53. The first kappa shape index (κ1) is 14.9. The molecule has 0 aromatic heterocycles. The van der Waals surface area contributed by atoms with Gasteiger partial charge in [-0.1, -0.05) is 13.8 Å². The largest absolute Gasteiger partial charge is 0.384 e. The van der Waals surface area contributed by atoms with Gasteiger partial charge in [0.2, 0.25) is 10.0 Å². The van der Waals surface area contributed by atoms with Crippen LogP contribution in [0.4, 0.5) is 5.69 Å². The van der Waals surface area contributed by atoms with Gasteiger partial charge in [-0.2, -0.15) is 0 Å². The molecule has 5 nitrogen and oxygen atoms in total. The number of hydrogen-bond acceptors (Lipinski definition) is 4. The molecule has 0 fully saturated rings. The van der Waals surface area contributed by atoms with E-state index in [2.05, 4.69) is 23.9 Å². The van der Waals surface area contributed by atoms with Crippen LogP contribution < -0.4 is 15.8 Å². The van der Waals surface area contributed by atoms with E-state index in [0.29, 0.717) is 6.54 Å². The molecular formula is C12H21N3O2S. The van der Waals surface area contributed by atoms with Gasteiger partial charge in [-0.3, -0.25) is 0 Å². The molecule has 1 aromatic rings. The lowest BCUT2D eigenvalue weighted by Gasteiger charge is -2.23. The van der Waals surface area contributed by atoms with Crippen molar-refractivity contribution in [3.05, 3.63) is 24.3 Å². The highest BCUT2D eigenvalue weighted by molar-refractivity contribution is 7.89. The van der Waals surface area contributed by atoms with Crippen molar-refractivity contribution in [3.63, 3.8) is 0 Å². The van der Waals surface area contributed by atoms with Crippen molar-refractivity contribution in [2.75, 3.05) is 25.5 Å². The number of hydrogen-bond donors (Lipinski definition) is 3. The molecule has 0 aliphatic heterocycles. The van der Waals surface area contributed by atoms with E-state index in [4.69, 9.17) is 5.73 Å². The Morgan fingerprint density at radius 2 is 1.78 bits per heavy atom. The first-order valence-corrected chi connectivity index (χ1v) is 7.27. The van der Waals surface area contributed by atoms with E-state index in [0.717, 1.165) is 12.2 Å². The van der Waals surface area contributed by atoms with Crippen molar-refractivity contribution in [1.82, 2.24) is 4.72 Å². The predicted molar refractivity (Wildman–Crippen MR) is 74.0 cm³/mol. The third-order valence-corrected chi connectivity index (χ3v) is 4.19. The molecule has 0 heterocycles. The molecular weight excluding hydrogens is 250 g/mol. The van der Waals surface area contributed by atoms with Crippen LogP contribution >= 0.6 is 0 Å². The zero-order valence-electron chi connectivity index (χ0n) is 11.0. The number of nitrogens with one attached hydrogen (secondary N) is 2. The first-order chi connectivity index (χ1) is 8.30. The van der Waals surface area contributed by atoms with Crippen LogP contribution in [0.25, 0.3) is 0 Å². The Kier molecular flexibility index (Phi) is 4.72. The number of nitrogens with two attached hydrogens (primary N) is 1. The molecule has 0 aliphatic carbocycles. The van der Waals surface area contributed by atoms with Gasteiger partial charge in [-0.25, -0.2) is 13.1 Å². The van der Waals surface area contributed by atoms with Crippen molar-refractivity contribution in [3.8, 4) is 0 Å². The lowest BCUT2D eigenvalue weighted by atomic mass is 9.94. The molecule has 0 aliphatic rings. The van der Waals surface area contributed by atoms with E-state index in [1.165, 1.54) is 7.05 Å². The van der Waals surface area contributed by atoms with Crippen LogP contribution in [0.3, 0.4) is 0 Å². The Balaban J connectivity index is 2.73.